The maximum Gasteiger partial charge on any atom is 0.338 e. The van der Waals surface area contributed by atoms with Gasteiger partial charge in [0.2, 0.25) is 0 Å². The normalized spacial score (nSPS) is 12.5. The van der Waals surface area contributed by atoms with E-state index in [9.17, 15) is 9.59 Å². The average Bonchev–Trinajstić information content (AvgIpc) is 3.04. The Kier molecular flexibility index (Phi) is 7.55. The van der Waals surface area contributed by atoms with E-state index in [1.54, 1.807) is 48.5 Å². The third kappa shape index (κ3) is 6.02. The fourth-order valence-electron chi connectivity index (χ4n) is 5.06. The molecule has 0 aliphatic rings. The molecule has 2 atom stereocenters. The lowest BCUT2D eigenvalue weighted by Crippen LogP contribution is -2.19. The standard InChI is InChI=1S/C37H28O4/c38-36(28-13-3-1-4-14-28)40-34(32-21-19-26-11-7-9-17-30(26)23-32)25-35(41-37(39)29-15-5-2-6-16-29)33-22-20-27-12-8-10-18-31(27)24-33/h1-24,34-35H,25H2. The Bertz CT molecular complexity index is 1680. The van der Waals surface area contributed by atoms with Crippen LogP contribution < -0.4 is 0 Å². The zero-order valence-corrected chi connectivity index (χ0v) is 22.4. The zero-order chi connectivity index (χ0) is 28.0. The van der Waals surface area contributed by atoms with Crippen LogP contribution in [0.1, 0.15) is 50.5 Å². The van der Waals surface area contributed by atoms with Gasteiger partial charge in [0.25, 0.3) is 0 Å². The molecule has 2 unspecified atom stereocenters. The fraction of sp³-hybridized carbons (Fsp3) is 0.0811. The minimum Gasteiger partial charge on any atom is -0.454 e. The second-order valence-electron chi connectivity index (χ2n) is 9.97. The lowest BCUT2D eigenvalue weighted by molar-refractivity contribution is -0.00176. The number of hydrogen-bond acceptors (Lipinski definition) is 4. The molecule has 0 aliphatic heterocycles. The Morgan fingerprint density at radius 3 is 1.22 bits per heavy atom. The molecule has 0 bridgehead atoms. The van der Waals surface area contributed by atoms with Gasteiger partial charge in [0.15, 0.2) is 0 Å². The van der Waals surface area contributed by atoms with Crippen molar-refractivity contribution in [2.75, 3.05) is 0 Å². The van der Waals surface area contributed by atoms with E-state index >= 15 is 0 Å². The van der Waals surface area contributed by atoms with Crippen LogP contribution in [0.5, 0.6) is 0 Å². The first-order chi connectivity index (χ1) is 20.1. The van der Waals surface area contributed by atoms with Crippen LogP contribution in [-0.4, -0.2) is 11.9 Å². The highest BCUT2D eigenvalue weighted by Gasteiger charge is 2.27. The van der Waals surface area contributed by atoms with Gasteiger partial charge in [-0.1, -0.05) is 109 Å². The van der Waals surface area contributed by atoms with E-state index in [1.165, 1.54) is 0 Å². The molecule has 0 heterocycles. The van der Waals surface area contributed by atoms with E-state index in [2.05, 4.69) is 0 Å². The summed E-state index contributed by atoms with van der Waals surface area (Å²) in [5.41, 5.74) is 2.58. The topological polar surface area (TPSA) is 52.6 Å². The van der Waals surface area contributed by atoms with Crippen LogP contribution in [0, 0.1) is 0 Å². The highest BCUT2D eigenvalue weighted by molar-refractivity contribution is 5.90. The predicted octanol–water partition coefficient (Wildman–Crippen LogP) is 8.88. The molecule has 0 N–H and O–H groups in total. The molecule has 0 spiro atoms. The Labute approximate surface area is 238 Å². The van der Waals surface area contributed by atoms with E-state index in [1.807, 2.05) is 97.1 Å². The molecule has 6 aromatic rings. The summed E-state index contributed by atoms with van der Waals surface area (Å²) in [6.07, 6.45) is -1.10. The van der Waals surface area contributed by atoms with Gasteiger partial charge in [-0.3, -0.25) is 0 Å². The van der Waals surface area contributed by atoms with Gasteiger partial charge in [0, 0.05) is 6.42 Å². The van der Waals surface area contributed by atoms with Gasteiger partial charge >= 0.3 is 11.9 Å². The molecule has 0 aromatic heterocycles. The summed E-state index contributed by atoms with van der Waals surface area (Å²) in [5, 5.41) is 4.25. The molecule has 6 rings (SSSR count). The Hall–Kier alpha value is -5.22. The Balaban J connectivity index is 1.40. The Morgan fingerprint density at radius 1 is 0.439 bits per heavy atom. The van der Waals surface area contributed by atoms with Crippen molar-refractivity contribution >= 4 is 33.5 Å². The molecule has 0 fully saturated rings. The zero-order valence-electron chi connectivity index (χ0n) is 22.4. The highest BCUT2D eigenvalue weighted by atomic mass is 16.6. The van der Waals surface area contributed by atoms with Crippen LogP contribution in [0.4, 0.5) is 0 Å². The molecule has 4 heteroatoms. The van der Waals surface area contributed by atoms with Gasteiger partial charge in [-0.25, -0.2) is 9.59 Å². The quantitative estimate of drug-likeness (QED) is 0.182. The monoisotopic (exact) mass is 536 g/mol. The van der Waals surface area contributed by atoms with Gasteiger partial charge in [-0.2, -0.15) is 0 Å². The van der Waals surface area contributed by atoms with Crippen molar-refractivity contribution in [3.63, 3.8) is 0 Å². The summed E-state index contributed by atoms with van der Waals surface area (Å²) in [6, 6.07) is 46.0. The number of benzene rings is 6. The molecule has 0 amide bonds. The summed E-state index contributed by atoms with van der Waals surface area (Å²) >= 11 is 0. The van der Waals surface area contributed by atoms with Crippen molar-refractivity contribution in [1.82, 2.24) is 0 Å². The van der Waals surface area contributed by atoms with Crippen molar-refractivity contribution in [2.24, 2.45) is 0 Å². The third-order valence-corrected chi connectivity index (χ3v) is 7.24. The van der Waals surface area contributed by atoms with Crippen LogP contribution in [0.15, 0.2) is 146 Å². The average molecular weight is 537 g/mol. The number of rotatable bonds is 8. The summed E-state index contributed by atoms with van der Waals surface area (Å²) in [5.74, 6) is -0.870. The second-order valence-corrected chi connectivity index (χ2v) is 9.97. The number of hydrogen-bond donors (Lipinski definition) is 0. The van der Waals surface area contributed by atoms with Crippen LogP contribution >= 0.6 is 0 Å². The van der Waals surface area contributed by atoms with E-state index in [0.717, 1.165) is 32.7 Å². The van der Waals surface area contributed by atoms with Crippen molar-refractivity contribution in [3.8, 4) is 0 Å². The van der Waals surface area contributed by atoms with Crippen molar-refractivity contribution in [1.29, 1.82) is 0 Å². The van der Waals surface area contributed by atoms with Crippen molar-refractivity contribution < 1.29 is 19.1 Å². The maximum absolute atomic E-state index is 13.3. The van der Waals surface area contributed by atoms with Gasteiger partial charge < -0.3 is 9.47 Å². The minimum atomic E-state index is -0.674. The molecule has 0 radical (unpaired) electrons. The van der Waals surface area contributed by atoms with E-state index in [0.29, 0.717) is 11.1 Å². The number of carbonyl (C=O) groups excluding carboxylic acids is 2. The van der Waals surface area contributed by atoms with Gasteiger partial charge in [-0.05, 0) is 69.1 Å². The molecule has 0 saturated carbocycles. The number of carbonyl (C=O) groups is 2. The van der Waals surface area contributed by atoms with Crippen molar-refractivity contribution in [3.05, 3.63) is 168 Å². The molecule has 0 aliphatic carbocycles. The first-order valence-corrected chi connectivity index (χ1v) is 13.6. The first kappa shape index (κ1) is 26.0. The molecule has 200 valence electrons. The van der Waals surface area contributed by atoms with Crippen molar-refractivity contribution in [2.45, 2.75) is 18.6 Å². The molecule has 41 heavy (non-hydrogen) atoms. The molecule has 6 aromatic carbocycles. The number of esters is 2. The Morgan fingerprint density at radius 2 is 0.805 bits per heavy atom. The number of ether oxygens (including phenoxy) is 2. The van der Waals surface area contributed by atoms with Crippen LogP contribution in [0.25, 0.3) is 21.5 Å². The van der Waals surface area contributed by atoms with Gasteiger partial charge in [-0.15, -0.1) is 0 Å². The predicted molar refractivity (Wildman–Crippen MR) is 162 cm³/mol. The van der Waals surface area contributed by atoms with Crippen LogP contribution in [0.3, 0.4) is 0 Å². The van der Waals surface area contributed by atoms with Gasteiger partial charge in [0.1, 0.15) is 12.2 Å². The molecular weight excluding hydrogens is 508 g/mol. The van der Waals surface area contributed by atoms with Gasteiger partial charge in [0.05, 0.1) is 11.1 Å². The first-order valence-electron chi connectivity index (χ1n) is 13.6. The summed E-state index contributed by atoms with van der Waals surface area (Å²) < 4.78 is 12.3. The lowest BCUT2D eigenvalue weighted by atomic mass is 9.95. The van der Waals surface area contributed by atoms with E-state index < -0.39 is 24.1 Å². The molecule has 0 saturated heterocycles. The van der Waals surface area contributed by atoms with E-state index in [4.69, 9.17) is 9.47 Å². The highest BCUT2D eigenvalue weighted by Crippen LogP contribution is 2.35. The van der Waals surface area contributed by atoms with Crippen LogP contribution in [-0.2, 0) is 9.47 Å². The lowest BCUT2D eigenvalue weighted by Gasteiger charge is -2.25. The van der Waals surface area contributed by atoms with E-state index in [-0.39, 0.29) is 6.42 Å². The fourth-order valence-corrected chi connectivity index (χ4v) is 5.06. The maximum atomic E-state index is 13.3. The SMILES string of the molecule is O=C(OC(CC(OC(=O)c1ccccc1)c1ccc2ccccc2c1)c1ccc2ccccc2c1)c1ccccc1. The molecular formula is C37H28O4. The summed E-state index contributed by atoms with van der Waals surface area (Å²) in [7, 11) is 0. The summed E-state index contributed by atoms with van der Waals surface area (Å²) in [4.78, 5) is 26.6. The largest absolute Gasteiger partial charge is 0.454 e. The smallest absolute Gasteiger partial charge is 0.338 e. The second kappa shape index (κ2) is 11.9. The minimum absolute atomic E-state index is 0.244. The molecule has 4 nitrogen and oxygen atoms in total. The number of fused-ring (bicyclic) bond motifs is 2. The third-order valence-electron chi connectivity index (χ3n) is 7.24. The summed E-state index contributed by atoms with van der Waals surface area (Å²) in [6.45, 7) is 0. The van der Waals surface area contributed by atoms with Crippen LogP contribution in [0.2, 0.25) is 0 Å².